The lowest BCUT2D eigenvalue weighted by atomic mass is 10.1. The van der Waals surface area contributed by atoms with Crippen molar-refractivity contribution in [3.8, 4) is 11.6 Å². The molecular weight excluding hydrogens is 320 g/mol. The van der Waals surface area contributed by atoms with Crippen molar-refractivity contribution in [1.82, 2.24) is 9.55 Å². The molecule has 0 N–H and O–H groups in total. The Balaban J connectivity index is 2.35. The molecule has 0 atom stereocenters. The fraction of sp³-hybridized carbons (Fsp3) is 0.333. The van der Waals surface area contributed by atoms with E-state index in [-0.39, 0.29) is 11.4 Å². The van der Waals surface area contributed by atoms with E-state index in [1.807, 2.05) is 32.9 Å². The molecule has 0 saturated heterocycles. The Hall–Kier alpha value is -1.62. The number of hydrogen-bond donors (Lipinski definition) is 0. The van der Waals surface area contributed by atoms with Gasteiger partial charge in [0.15, 0.2) is 0 Å². The third-order valence-electron chi connectivity index (χ3n) is 2.97. The highest BCUT2D eigenvalue weighted by atomic mass is 79.9. The average Bonchev–Trinajstić information content (AvgIpc) is 2.41. The standard InChI is InChI=1S/C15H17BrN2O2/c1-4-6-18-7-5-17-14(15(18)19)20-12-8-10(2)13(16)11(3)9-12/h5,7-9H,4,6H2,1-3H3. The molecule has 5 heteroatoms. The summed E-state index contributed by atoms with van der Waals surface area (Å²) in [5.74, 6) is 0.740. The monoisotopic (exact) mass is 336 g/mol. The number of benzene rings is 1. The van der Waals surface area contributed by atoms with Crippen LogP contribution in [0.15, 0.2) is 33.8 Å². The first-order valence-electron chi connectivity index (χ1n) is 6.53. The topological polar surface area (TPSA) is 44.1 Å². The quantitative estimate of drug-likeness (QED) is 0.852. The van der Waals surface area contributed by atoms with Crippen molar-refractivity contribution in [2.45, 2.75) is 33.7 Å². The number of rotatable bonds is 4. The average molecular weight is 337 g/mol. The second kappa shape index (κ2) is 6.22. The van der Waals surface area contributed by atoms with Crippen molar-refractivity contribution >= 4 is 15.9 Å². The van der Waals surface area contributed by atoms with Crippen molar-refractivity contribution in [2.24, 2.45) is 0 Å². The van der Waals surface area contributed by atoms with Crippen molar-refractivity contribution in [1.29, 1.82) is 0 Å². The van der Waals surface area contributed by atoms with E-state index in [1.165, 1.54) is 0 Å². The van der Waals surface area contributed by atoms with Gasteiger partial charge in [0, 0.05) is 23.4 Å². The van der Waals surface area contributed by atoms with Crippen LogP contribution in [0.25, 0.3) is 0 Å². The predicted molar refractivity (Wildman–Crippen MR) is 82.5 cm³/mol. The first-order chi connectivity index (χ1) is 9.52. The van der Waals surface area contributed by atoms with Gasteiger partial charge in [0.1, 0.15) is 5.75 Å². The fourth-order valence-electron chi connectivity index (χ4n) is 1.99. The summed E-state index contributed by atoms with van der Waals surface area (Å²) in [6.07, 6.45) is 4.15. The van der Waals surface area contributed by atoms with E-state index in [1.54, 1.807) is 17.0 Å². The number of aryl methyl sites for hydroxylation is 3. The van der Waals surface area contributed by atoms with E-state index in [4.69, 9.17) is 4.74 Å². The van der Waals surface area contributed by atoms with Crippen LogP contribution in [-0.4, -0.2) is 9.55 Å². The molecule has 20 heavy (non-hydrogen) atoms. The molecular formula is C15H17BrN2O2. The Morgan fingerprint density at radius 2 is 1.95 bits per heavy atom. The van der Waals surface area contributed by atoms with Crippen molar-refractivity contribution in [2.75, 3.05) is 0 Å². The van der Waals surface area contributed by atoms with Crippen LogP contribution in [0.4, 0.5) is 0 Å². The molecule has 1 aromatic heterocycles. The van der Waals surface area contributed by atoms with Crippen LogP contribution in [0.2, 0.25) is 0 Å². The first-order valence-corrected chi connectivity index (χ1v) is 7.32. The third-order valence-corrected chi connectivity index (χ3v) is 4.22. The number of ether oxygens (including phenoxy) is 1. The SMILES string of the molecule is CCCn1ccnc(Oc2cc(C)c(Br)c(C)c2)c1=O. The van der Waals surface area contributed by atoms with E-state index in [2.05, 4.69) is 20.9 Å². The molecule has 2 aromatic rings. The summed E-state index contributed by atoms with van der Waals surface area (Å²) in [7, 11) is 0. The zero-order valence-electron chi connectivity index (χ0n) is 11.8. The lowest BCUT2D eigenvalue weighted by Crippen LogP contribution is -2.21. The lowest BCUT2D eigenvalue weighted by Gasteiger charge is -2.10. The molecule has 0 aliphatic rings. The van der Waals surface area contributed by atoms with Crippen LogP contribution < -0.4 is 10.3 Å². The summed E-state index contributed by atoms with van der Waals surface area (Å²) < 4.78 is 8.31. The summed E-state index contributed by atoms with van der Waals surface area (Å²) in [5, 5.41) is 0. The van der Waals surface area contributed by atoms with Gasteiger partial charge < -0.3 is 9.30 Å². The maximum Gasteiger partial charge on any atom is 0.313 e. The van der Waals surface area contributed by atoms with Crippen molar-refractivity contribution in [3.63, 3.8) is 0 Å². The maximum atomic E-state index is 12.2. The van der Waals surface area contributed by atoms with E-state index in [9.17, 15) is 4.79 Å². The summed E-state index contributed by atoms with van der Waals surface area (Å²) in [5.41, 5.74) is 1.92. The molecule has 0 unspecified atom stereocenters. The highest BCUT2D eigenvalue weighted by Gasteiger charge is 2.09. The Morgan fingerprint density at radius 3 is 2.55 bits per heavy atom. The highest BCUT2D eigenvalue weighted by Crippen LogP contribution is 2.27. The van der Waals surface area contributed by atoms with E-state index < -0.39 is 0 Å². The first kappa shape index (κ1) is 14.8. The number of aromatic nitrogens is 2. The zero-order chi connectivity index (χ0) is 14.7. The molecule has 1 aromatic carbocycles. The molecule has 0 spiro atoms. The van der Waals surface area contributed by atoms with E-state index in [0.717, 1.165) is 22.0 Å². The van der Waals surface area contributed by atoms with Crippen LogP contribution in [-0.2, 0) is 6.54 Å². The third kappa shape index (κ3) is 3.10. The number of nitrogens with zero attached hydrogens (tertiary/aromatic N) is 2. The Bertz CT molecular complexity index is 657. The largest absolute Gasteiger partial charge is 0.435 e. The van der Waals surface area contributed by atoms with Gasteiger partial charge >= 0.3 is 5.56 Å². The Kier molecular flexibility index (Phi) is 4.60. The van der Waals surface area contributed by atoms with Crippen molar-refractivity contribution < 1.29 is 4.74 Å². The number of hydrogen-bond acceptors (Lipinski definition) is 3. The Labute approximate surface area is 126 Å². The smallest absolute Gasteiger partial charge is 0.313 e. The van der Waals surface area contributed by atoms with Crippen LogP contribution in [0.1, 0.15) is 24.5 Å². The van der Waals surface area contributed by atoms with Gasteiger partial charge in [-0.1, -0.05) is 22.9 Å². The van der Waals surface area contributed by atoms with Crippen LogP contribution in [0.3, 0.4) is 0 Å². The van der Waals surface area contributed by atoms with Crippen LogP contribution >= 0.6 is 15.9 Å². The molecule has 106 valence electrons. The normalized spacial score (nSPS) is 10.6. The van der Waals surface area contributed by atoms with Crippen LogP contribution in [0, 0.1) is 13.8 Å². The number of halogens is 1. The molecule has 0 fully saturated rings. The molecule has 0 bridgehead atoms. The predicted octanol–water partition coefficient (Wildman–Crippen LogP) is 3.82. The highest BCUT2D eigenvalue weighted by molar-refractivity contribution is 9.10. The van der Waals surface area contributed by atoms with Gasteiger partial charge in [-0.05, 0) is 43.5 Å². The van der Waals surface area contributed by atoms with Gasteiger partial charge in [-0.25, -0.2) is 4.98 Å². The van der Waals surface area contributed by atoms with Gasteiger partial charge in [0.2, 0.25) is 0 Å². The minimum absolute atomic E-state index is 0.113. The lowest BCUT2D eigenvalue weighted by molar-refractivity contribution is 0.443. The maximum absolute atomic E-state index is 12.2. The Morgan fingerprint density at radius 1 is 1.30 bits per heavy atom. The molecule has 4 nitrogen and oxygen atoms in total. The summed E-state index contributed by atoms with van der Waals surface area (Å²) in [6, 6.07) is 3.77. The van der Waals surface area contributed by atoms with Gasteiger partial charge in [0.25, 0.3) is 5.88 Å². The van der Waals surface area contributed by atoms with E-state index in [0.29, 0.717) is 12.3 Å². The second-order valence-corrected chi connectivity index (χ2v) is 5.50. The molecule has 0 radical (unpaired) electrons. The molecule has 0 saturated carbocycles. The minimum Gasteiger partial charge on any atom is -0.435 e. The summed E-state index contributed by atoms with van der Waals surface area (Å²) in [4.78, 5) is 16.2. The van der Waals surface area contributed by atoms with Gasteiger partial charge in [0.05, 0.1) is 0 Å². The molecule has 0 aliphatic carbocycles. The van der Waals surface area contributed by atoms with Gasteiger partial charge in [-0.2, -0.15) is 0 Å². The molecule has 0 amide bonds. The van der Waals surface area contributed by atoms with Gasteiger partial charge in [-0.3, -0.25) is 4.79 Å². The second-order valence-electron chi connectivity index (χ2n) is 4.70. The molecule has 0 aliphatic heterocycles. The molecule has 2 rings (SSSR count). The molecule has 1 heterocycles. The van der Waals surface area contributed by atoms with Crippen molar-refractivity contribution in [3.05, 3.63) is 50.5 Å². The minimum atomic E-state index is -0.201. The fourth-order valence-corrected chi connectivity index (χ4v) is 2.22. The summed E-state index contributed by atoms with van der Waals surface area (Å²) in [6.45, 7) is 6.65. The van der Waals surface area contributed by atoms with Gasteiger partial charge in [-0.15, -0.1) is 0 Å². The van der Waals surface area contributed by atoms with E-state index >= 15 is 0 Å². The summed E-state index contributed by atoms with van der Waals surface area (Å²) >= 11 is 3.51. The zero-order valence-corrected chi connectivity index (χ0v) is 13.4. The van der Waals surface area contributed by atoms with Crippen LogP contribution in [0.5, 0.6) is 11.6 Å².